The van der Waals surface area contributed by atoms with Crippen molar-refractivity contribution in [1.29, 1.82) is 0 Å². The number of hydrogen-bond donors (Lipinski definition) is 2. The summed E-state index contributed by atoms with van der Waals surface area (Å²) < 4.78 is 0. The number of hydrogen-bond acceptors (Lipinski definition) is 4. The maximum absolute atomic E-state index is 4.40. The number of aliphatic imine (C=N–C) groups is 1. The Morgan fingerprint density at radius 1 is 1.14 bits per heavy atom. The van der Waals surface area contributed by atoms with Crippen LogP contribution in [0.4, 0.5) is 0 Å². The zero-order chi connectivity index (χ0) is 19.9. The zero-order valence-corrected chi connectivity index (χ0v) is 18.4. The number of rotatable bonds is 6. The molecule has 2 aromatic rings. The van der Waals surface area contributed by atoms with Crippen LogP contribution < -0.4 is 10.6 Å². The van der Waals surface area contributed by atoms with E-state index in [1.165, 1.54) is 35.5 Å². The molecule has 1 saturated heterocycles. The molecule has 0 radical (unpaired) electrons. The molecule has 0 bridgehead atoms. The summed E-state index contributed by atoms with van der Waals surface area (Å²) >= 11 is 1.71. The Hall–Kier alpha value is -1.92. The first-order valence-corrected chi connectivity index (χ1v) is 11.0. The molecule has 0 aliphatic carbocycles. The molecule has 3 rings (SSSR count). The molecule has 2 N–H and O–H groups in total. The van der Waals surface area contributed by atoms with E-state index in [4.69, 9.17) is 0 Å². The monoisotopic (exact) mass is 399 g/mol. The van der Waals surface area contributed by atoms with Gasteiger partial charge in [0.25, 0.3) is 0 Å². The van der Waals surface area contributed by atoms with Crippen LogP contribution in [0.3, 0.4) is 0 Å². The Balaban J connectivity index is 1.56. The lowest BCUT2D eigenvalue weighted by Gasteiger charge is -2.35. The summed E-state index contributed by atoms with van der Waals surface area (Å²) in [5.74, 6) is 2.38. The van der Waals surface area contributed by atoms with Gasteiger partial charge < -0.3 is 10.6 Å². The number of thiazole rings is 1. The third kappa shape index (κ3) is 6.04. The highest BCUT2D eigenvalue weighted by Gasteiger charge is 2.22. The Morgan fingerprint density at radius 3 is 2.46 bits per heavy atom. The summed E-state index contributed by atoms with van der Waals surface area (Å²) in [4.78, 5) is 12.6. The van der Waals surface area contributed by atoms with Gasteiger partial charge in [0.05, 0.1) is 6.54 Å². The predicted octanol–water partition coefficient (Wildman–Crippen LogP) is 3.79. The van der Waals surface area contributed by atoms with Crippen LogP contribution in [0, 0.1) is 18.8 Å². The van der Waals surface area contributed by atoms with Crippen molar-refractivity contribution in [3.63, 3.8) is 0 Å². The second kappa shape index (κ2) is 10.0. The number of likely N-dealkylation sites (tertiary alicyclic amines) is 1. The first-order chi connectivity index (χ1) is 13.5. The number of aryl methyl sites for hydroxylation is 1. The van der Waals surface area contributed by atoms with Gasteiger partial charge in [0.1, 0.15) is 5.01 Å². The van der Waals surface area contributed by atoms with Gasteiger partial charge in [0.15, 0.2) is 5.96 Å². The molecule has 28 heavy (non-hydrogen) atoms. The van der Waals surface area contributed by atoms with Crippen molar-refractivity contribution in [1.82, 2.24) is 20.5 Å². The molecule has 5 nitrogen and oxygen atoms in total. The quantitative estimate of drug-likeness (QED) is 0.573. The Labute approximate surface area is 173 Å². The van der Waals surface area contributed by atoms with Crippen LogP contribution in [0.5, 0.6) is 0 Å². The van der Waals surface area contributed by atoms with E-state index in [0.717, 1.165) is 35.9 Å². The van der Waals surface area contributed by atoms with Gasteiger partial charge in [0, 0.05) is 44.3 Å². The van der Waals surface area contributed by atoms with E-state index in [9.17, 15) is 0 Å². The van der Waals surface area contributed by atoms with Crippen LogP contribution >= 0.6 is 11.3 Å². The molecule has 1 aromatic heterocycles. The highest BCUT2D eigenvalue weighted by molar-refractivity contribution is 7.11. The lowest BCUT2D eigenvalue weighted by atomic mass is 9.91. The second-order valence-electron chi connectivity index (χ2n) is 8.05. The van der Waals surface area contributed by atoms with Gasteiger partial charge in [-0.2, -0.15) is 0 Å². The average molecular weight is 400 g/mol. The first-order valence-electron chi connectivity index (χ1n) is 10.2. The number of aromatic nitrogens is 1. The van der Waals surface area contributed by atoms with Crippen LogP contribution in [-0.4, -0.2) is 36.0 Å². The van der Waals surface area contributed by atoms with Crippen LogP contribution in [0.15, 0.2) is 35.5 Å². The van der Waals surface area contributed by atoms with Crippen LogP contribution in [0.25, 0.3) is 0 Å². The summed E-state index contributed by atoms with van der Waals surface area (Å²) in [6, 6.07) is 8.75. The molecule has 0 amide bonds. The summed E-state index contributed by atoms with van der Waals surface area (Å²) in [6.45, 7) is 11.7. The van der Waals surface area contributed by atoms with Gasteiger partial charge in [0.2, 0.25) is 0 Å². The SMILES string of the molecule is CN=C(NCc1ncc(C)s1)NCc1ccccc1CN1CC(C)CC(C)C1. The van der Waals surface area contributed by atoms with Gasteiger partial charge >= 0.3 is 0 Å². The predicted molar refractivity (Wildman–Crippen MR) is 119 cm³/mol. The van der Waals surface area contributed by atoms with Gasteiger partial charge in [-0.05, 0) is 36.3 Å². The van der Waals surface area contributed by atoms with Gasteiger partial charge in [-0.1, -0.05) is 38.1 Å². The number of nitrogens with one attached hydrogen (secondary N) is 2. The lowest BCUT2D eigenvalue weighted by Crippen LogP contribution is -2.39. The minimum Gasteiger partial charge on any atom is -0.352 e. The molecule has 152 valence electrons. The molecule has 1 aliphatic rings. The normalized spacial score (nSPS) is 20.9. The molecule has 2 unspecified atom stereocenters. The molecule has 0 spiro atoms. The second-order valence-corrected chi connectivity index (χ2v) is 9.37. The standard InChI is InChI=1S/C22H33N5S/c1-16-9-17(2)14-27(13-16)15-20-8-6-5-7-19(20)11-25-22(23-4)26-12-21-24-10-18(3)28-21/h5-8,10,16-17H,9,11-15H2,1-4H3,(H2,23,25,26). The zero-order valence-electron chi connectivity index (χ0n) is 17.5. The minimum atomic E-state index is 0.698. The average Bonchev–Trinajstić information content (AvgIpc) is 3.07. The summed E-state index contributed by atoms with van der Waals surface area (Å²) in [7, 11) is 1.81. The van der Waals surface area contributed by atoms with Crippen molar-refractivity contribution in [2.75, 3.05) is 20.1 Å². The fourth-order valence-electron chi connectivity index (χ4n) is 4.09. The van der Waals surface area contributed by atoms with Gasteiger partial charge in [-0.3, -0.25) is 9.89 Å². The van der Waals surface area contributed by atoms with Crippen molar-refractivity contribution in [3.8, 4) is 0 Å². The third-order valence-corrected chi connectivity index (χ3v) is 6.12. The van der Waals surface area contributed by atoms with E-state index < -0.39 is 0 Å². The molecule has 1 fully saturated rings. The summed E-state index contributed by atoms with van der Waals surface area (Å²) in [5.41, 5.74) is 2.74. The van der Waals surface area contributed by atoms with Crippen LogP contribution in [-0.2, 0) is 19.6 Å². The van der Waals surface area contributed by atoms with E-state index >= 15 is 0 Å². The smallest absolute Gasteiger partial charge is 0.191 e. The fraction of sp³-hybridized carbons (Fsp3) is 0.545. The molecule has 6 heteroatoms. The van der Waals surface area contributed by atoms with Crippen molar-refractivity contribution in [2.45, 2.75) is 46.8 Å². The summed E-state index contributed by atoms with van der Waals surface area (Å²) in [6.07, 6.45) is 3.26. The molecular weight excluding hydrogens is 366 g/mol. The molecule has 1 aromatic carbocycles. The number of guanidine groups is 1. The van der Waals surface area contributed by atoms with Crippen molar-refractivity contribution in [3.05, 3.63) is 51.5 Å². The molecule has 2 atom stereocenters. The minimum absolute atomic E-state index is 0.698. The van der Waals surface area contributed by atoms with Crippen molar-refractivity contribution < 1.29 is 0 Å². The van der Waals surface area contributed by atoms with E-state index in [1.807, 2.05) is 13.2 Å². The highest BCUT2D eigenvalue weighted by atomic mass is 32.1. The maximum atomic E-state index is 4.40. The number of benzene rings is 1. The number of piperidine rings is 1. The van der Waals surface area contributed by atoms with Gasteiger partial charge in [-0.25, -0.2) is 4.98 Å². The number of nitrogens with zero attached hydrogens (tertiary/aromatic N) is 3. The maximum Gasteiger partial charge on any atom is 0.191 e. The van der Waals surface area contributed by atoms with E-state index in [-0.39, 0.29) is 0 Å². The molecule has 1 aliphatic heterocycles. The third-order valence-electron chi connectivity index (χ3n) is 5.20. The molecular formula is C22H33N5S. The van der Waals surface area contributed by atoms with E-state index in [2.05, 4.69) is 70.5 Å². The lowest BCUT2D eigenvalue weighted by molar-refractivity contribution is 0.134. The van der Waals surface area contributed by atoms with Gasteiger partial charge in [-0.15, -0.1) is 11.3 Å². The summed E-state index contributed by atoms with van der Waals surface area (Å²) in [5, 5.41) is 7.89. The van der Waals surface area contributed by atoms with Crippen molar-refractivity contribution in [2.24, 2.45) is 16.8 Å². The molecule has 0 saturated carbocycles. The van der Waals surface area contributed by atoms with Crippen LogP contribution in [0.1, 0.15) is 41.3 Å². The largest absolute Gasteiger partial charge is 0.352 e. The Bertz CT molecular complexity index is 775. The Kier molecular flexibility index (Phi) is 7.45. The van der Waals surface area contributed by atoms with E-state index in [1.54, 1.807) is 11.3 Å². The fourth-order valence-corrected chi connectivity index (χ4v) is 4.82. The van der Waals surface area contributed by atoms with Crippen LogP contribution in [0.2, 0.25) is 0 Å². The first kappa shape index (κ1) is 20.8. The van der Waals surface area contributed by atoms with E-state index in [0.29, 0.717) is 6.54 Å². The van der Waals surface area contributed by atoms with Crippen molar-refractivity contribution >= 4 is 17.3 Å². The highest BCUT2D eigenvalue weighted by Crippen LogP contribution is 2.23. The molecule has 2 heterocycles. The topological polar surface area (TPSA) is 52.6 Å². The Morgan fingerprint density at radius 2 is 1.82 bits per heavy atom.